The highest BCUT2D eigenvalue weighted by atomic mass is 15.1. The third-order valence-electron chi connectivity index (χ3n) is 5.85. The van der Waals surface area contributed by atoms with Gasteiger partial charge in [-0.05, 0) is 57.2 Å². The Hall–Kier alpha value is -3.32. The summed E-state index contributed by atoms with van der Waals surface area (Å²) < 4.78 is 0. The van der Waals surface area contributed by atoms with Crippen LogP contribution in [0.4, 0.5) is 0 Å². The van der Waals surface area contributed by atoms with Crippen LogP contribution in [0.15, 0.2) is 91.1 Å². The molecular weight excluding hydrogens is 338 g/mol. The molecule has 1 heteroatoms. The zero-order valence-electron chi connectivity index (χ0n) is 16.3. The molecule has 136 valence electrons. The zero-order valence-corrected chi connectivity index (χ0v) is 16.3. The van der Waals surface area contributed by atoms with Gasteiger partial charge in [0, 0.05) is 13.2 Å². The number of benzene rings is 4. The highest BCUT2D eigenvalue weighted by Gasteiger charge is 2.25. The van der Waals surface area contributed by atoms with Gasteiger partial charge in [-0.2, -0.15) is 0 Å². The van der Waals surface area contributed by atoms with Gasteiger partial charge in [-0.15, -0.1) is 0 Å². The highest BCUT2D eigenvalue weighted by Crippen LogP contribution is 2.39. The SMILES string of the molecule is Cc1cc(-c2ccccc2)ccc1C1c2ccc3ccccc3c2C=CN1C. The molecule has 1 unspecified atom stereocenters. The van der Waals surface area contributed by atoms with E-state index in [0.717, 1.165) is 0 Å². The van der Waals surface area contributed by atoms with E-state index in [2.05, 4.69) is 116 Å². The first-order chi connectivity index (χ1) is 13.7. The molecule has 0 amide bonds. The van der Waals surface area contributed by atoms with E-state index in [9.17, 15) is 0 Å². The lowest BCUT2D eigenvalue weighted by molar-refractivity contribution is 0.380. The first kappa shape index (κ1) is 16.8. The molecule has 4 aromatic rings. The summed E-state index contributed by atoms with van der Waals surface area (Å²) >= 11 is 0. The third kappa shape index (κ3) is 2.71. The molecule has 0 saturated carbocycles. The van der Waals surface area contributed by atoms with Crippen LogP contribution in [0.3, 0.4) is 0 Å². The third-order valence-corrected chi connectivity index (χ3v) is 5.85. The van der Waals surface area contributed by atoms with E-state index in [-0.39, 0.29) is 6.04 Å². The van der Waals surface area contributed by atoms with E-state index in [1.807, 2.05) is 0 Å². The summed E-state index contributed by atoms with van der Waals surface area (Å²) in [5.74, 6) is 0. The average molecular weight is 361 g/mol. The number of rotatable bonds is 2. The number of aryl methyl sites for hydroxylation is 1. The van der Waals surface area contributed by atoms with Gasteiger partial charge in [0.05, 0.1) is 6.04 Å². The van der Waals surface area contributed by atoms with Crippen LogP contribution in [0, 0.1) is 6.92 Å². The van der Waals surface area contributed by atoms with Gasteiger partial charge in [0.2, 0.25) is 0 Å². The molecule has 0 aromatic heterocycles. The normalized spacial score (nSPS) is 15.6. The Bertz CT molecular complexity index is 1190. The van der Waals surface area contributed by atoms with E-state index >= 15 is 0 Å². The first-order valence-corrected chi connectivity index (χ1v) is 9.80. The van der Waals surface area contributed by atoms with Crippen molar-refractivity contribution < 1.29 is 0 Å². The maximum absolute atomic E-state index is 2.32. The molecule has 0 fully saturated rings. The van der Waals surface area contributed by atoms with Gasteiger partial charge in [0.1, 0.15) is 0 Å². The Labute approximate surface area is 166 Å². The van der Waals surface area contributed by atoms with Gasteiger partial charge in [0.15, 0.2) is 0 Å². The van der Waals surface area contributed by atoms with E-state index < -0.39 is 0 Å². The van der Waals surface area contributed by atoms with Crippen LogP contribution < -0.4 is 0 Å². The zero-order chi connectivity index (χ0) is 19.1. The fourth-order valence-electron chi connectivity index (χ4n) is 4.41. The van der Waals surface area contributed by atoms with Crippen LogP contribution in [-0.2, 0) is 0 Å². The summed E-state index contributed by atoms with van der Waals surface area (Å²) in [6.07, 6.45) is 4.46. The Balaban J connectivity index is 1.64. The van der Waals surface area contributed by atoms with Crippen molar-refractivity contribution in [3.63, 3.8) is 0 Å². The molecule has 0 aliphatic carbocycles. The van der Waals surface area contributed by atoms with Gasteiger partial charge in [-0.1, -0.05) is 84.9 Å². The molecule has 1 nitrogen and oxygen atoms in total. The lowest BCUT2D eigenvalue weighted by Crippen LogP contribution is -2.24. The Kier molecular flexibility index (Phi) is 4.02. The molecule has 1 heterocycles. The van der Waals surface area contributed by atoms with Crippen molar-refractivity contribution in [2.24, 2.45) is 0 Å². The molecule has 0 N–H and O–H groups in total. The van der Waals surface area contributed by atoms with E-state index in [0.29, 0.717) is 0 Å². The van der Waals surface area contributed by atoms with Crippen LogP contribution in [0.5, 0.6) is 0 Å². The molecular formula is C27H23N. The minimum Gasteiger partial charge on any atom is -0.369 e. The largest absolute Gasteiger partial charge is 0.369 e. The minimum absolute atomic E-state index is 0.231. The fraction of sp³-hybridized carbons (Fsp3) is 0.111. The maximum Gasteiger partial charge on any atom is 0.0795 e. The van der Waals surface area contributed by atoms with Crippen molar-refractivity contribution in [1.29, 1.82) is 0 Å². The molecule has 0 spiro atoms. The van der Waals surface area contributed by atoms with Gasteiger partial charge >= 0.3 is 0 Å². The van der Waals surface area contributed by atoms with Crippen molar-refractivity contribution in [2.75, 3.05) is 7.05 Å². The van der Waals surface area contributed by atoms with E-state index in [4.69, 9.17) is 0 Å². The minimum atomic E-state index is 0.231. The maximum atomic E-state index is 2.32. The predicted molar refractivity (Wildman–Crippen MR) is 119 cm³/mol. The highest BCUT2D eigenvalue weighted by molar-refractivity contribution is 5.92. The fourth-order valence-corrected chi connectivity index (χ4v) is 4.41. The van der Waals surface area contributed by atoms with Gasteiger partial charge in [-0.3, -0.25) is 0 Å². The summed E-state index contributed by atoms with van der Waals surface area (Å²) in [6, 6.07) is 30.9. The average Bonchev–Trinajstić information content (AvgIpc) is 2.74. The van der Waals surface area contributed by atoms with Crippen LogP contribution >= 0.6 is 0 Å². The quantitative estimate of drug-likeness (QED) is 0.378. The summed E-state index contributed by atoms with van der Waals surface area (Å²) in [5, 5.41) is 2.62. The summed E-state index contributed by atoms with van der Waals surface area (Å²) in [4.78, 5) is 2.32. The molecule has 4 aromatic carbocycles. The summed E-state index contributed by atoms with van der Waals surface area (Å²) in [6.45, 7) is 2.23. The summed E-state index contributed by atoms with van der Waals surface area (Å²) in [7, 11) is 2.17. The van der Waals surface area contributed by atoms with Crippen molar-refractivity contribution in [1.82, 2.24) is 4.90 Å². The van der Waals surface area contributed by atoms with Crippen molar-refractivity contribution >= 4 is 16.8 Å². The predicted octanol–water partition coefficient (Wildman–Crippen LogP) is 6.82. The molecule has 1 aliphatic rings. The number of hydrogen-bond acceptors (Lipinski definition) is 1. The van der Waals surface area contributed by atoms with E-state index in [1.165, 1.54) is 44.2 Å². The molecule has 5 rings (SSSR count). The van der Waals surface area contributed by atoms with Crippen molar-refractivity contribution in [3.8, 4) is 11.1 Å². The number of hydrogen-bond donors (Lipinski definition) is 0. The van der Waals surface area contributed by atoms with Crippen LogP contribution in [0.1, 0.15) is 28.3 Å². The molecule has 28 heavy (non-hydrogen) atoms. The lowest BCUT2D eigenvalue weighted by Gasteiger charge is -2.34. The second-order valence-electron chi connectivity index (χ2n) is 7.61. The van der Waals surface area contributed by atoms with Gasteiger partial charge < -0.3 is 4.90 Å². The summed E-state index contributed by atoms with van der Waals surface area (Å²) in [5.41, 5.74) is 7.94. The monoisotopic (exact) mass is 361 g/mol. The van der Waals surface area contributed by atoms with Crippen LogP contribution in [0.25, 0.3) is 28.0 Å². The molecule has 1 aliphatic heterocycles. The molecule has 1 atom stereocenters. The Morgan fingerprint density at radius 2 is 1.46 bits per heavy atom. The van der Waals surface area contributed by atoms with Crippen LogP contribution in [0.2, 0.25) is 0 Å². The van der Waals surface area contributed by atoms with Gasteiger partial charge in [0.25, 0.3) is 0 Å². The lowest BCUT2D eigenvalue weighted by atomic mass is 9.85. The molecule has 0 radical (unpaired) electrons. The van der Waals surface area contributed by atoms with Crippen molar-refractivity contribution in [2.45, 2.75) is 13.0 Å². The second-order valence-corrected chi connectivity index (χ2v) is 7.61. The Morgan fingerprint density at radius 3 is 2.29 bits per heavy atom. The van der Waals surface area contributed by atoms with Crippen LogP contribution in [-0.4, -0.2) is 11.9 Å². The molecule has 0 bridgehead atoms. The Morgan fingerprint density at radius 1 is 0.714 bits per heavy atom. The smallest absolute Gasteiger partial charge is 0.0795 e. The molecule has 0 saturated heterocycles. The number of nitrogens with zero attached hydrogens (tertiary/aromatic N) is 1. The standard InChI is InChI=1S/C27H23N/c1-19-18-22(20-8-4-3-5-9-20)13-14-23(19)27-26-15-12-21-10-6-7-11-24(21)25(26)16-17-28(27)2/h3-18,27H,1-2H3. The van der Waals surface area contributed by atoms with E-state index in [1.54, 1.807) is 0 Å². The van der Waals surface area contributed by atoms with Crippen molar-refractivity contribution in [3.05, 3.63) is 113 Å². The first-order valence-electron chi connectivity index (χ1n) is 9.80. The van der Waals surface area contributed by atoms with Gasteiger partial charge in [-0.25, -0.2) is 0 Å². The topological polar surface area (TPSA) is 3.24 Å². The second kappa shape index (κ2) is 6.69. The number of fused-ring (bicyclic) bond motifs is 3.